The van der Waals surface area contributed by atoms with E-state index in [9.17, 15) is 4.39 Å². The number of hydrogen-bond acceptors (Lipinski definition) is 2. The number of hydrogen-bond donors (Lipinski definition) is 1. The van der Waals surface area contributed by atoms with Crippen LogP contribution in [0.3, 0.4) is 0 Å². The minimum absolute atomic E-state index is 0.220. The lowest BCUT2D eigenvalue weighted by atomic mass is 10.1. The Labute approximate surface area is 107 Å². The molecule has 18 heavy (non-hydrogen) atoms. The lowest BCUT2D eigenvalue weighted by Crippen LogP contribution is -2.18. The summed E-state index contributed by atoms with van der Waals surface area (Å²) in [6.07, 6.45) is 2.96. The predicted molar refractivity (Wildman–Crippen MR) is 70.6 cm³/mol. The zero-order chi connectivity index (χ0) is 13.0. The first-order valence-electron chi connectivity index (χ1n) is 6.17. The normalized spacial score (nSPS) is 11.1. The Kier molecular flexibility index (Phi) is 4.10. The number of benzene rings is 1. The number of aromatic nitrogens is 2. The van der Waals surface area contributed by atoms with Crippen molar-refractivity contribution in [2.45, 2.75) is 19.9 Å². The Morgan fingerprint density at radius 1 is 1.28 bits per heavy atom. The molecule has 0 atom stereocenters. The molecule has 0 aliphatic rings. The van der Waals surface area contributed by atoms with Gasteiger partial charge in [-0.2, -0.15) is 5.10 Å². The van der Waals surface area contributed by atoms with Crippen LogP contribution in [0, 0.1) is 5.82 Å². The highest BCUT2D eigenvalue weighted by molar-refractivity contribution is 5.62. The quantitative estimate of drug-likeness (QED) is 0.880. The second-order valence-electron chi connectivity index (χ2n) is 4.51. The molecule has 0 aliphatic heterocycles. The molecular formula is C14H18FN3. The molecule has 1 aromatic heterocycles. The minimum atomic E-state index is -0.220. The van der Waals surface area contributed by atoms with E-state index in [1.165, 1.54) is 12.1 Å². The van der Waals surface area contributed by atoms with Crippen molar-refractivity contribution in [3.8, 4) is 11.3 Å². The SMILES string of the molecule is CCCN(C)Cc1cn[nH]c1-c1ccc(F)cc1. The van der Waals surface area contributed by atoms with Crippen LogP contribution in [0.5, 0.6) is 0 Å². The van der Waals surface area contributed by atoms with Crippen molar-refractivity contribution in [2.24, 2.45) is 0 Å². The third-order valence-electron chi connectivity index (χ3n) is 2.90. The topological polar surface area (TPSA) is 31.9 Å². The van der Waals surface area contributed by atoms with Gasteiger partial charge in [0.15, 0.2) is 0 Å². The van der Waals surface area contributed by atoms with Crippen LogP contribution in [-0.2, 0) is 6.54 Å². The van der Waals surface area contributed by atoms with Gasteiger partial charge >= 0.3 is 0 Å². The summed E-state index contributed by atoms with van der Waals surface area (Å²) in [4.78, 5) is 2.25. The number of aromatic amines is 1. The zero-order valence-corrected chi connectivity index (χ0v) is 10.8. The van der Waals surface area contributed by atoms with Gasteiger partial charge in [-0.15, -0.1) is 0 Å². The molecule has 0 saturated heterocycles. The lowest BCUT2D eigenvalue weighted by molar-refractivity contribution is 0.328. The maximum Gasteiger partial charge on any atom is 0.123 e. The summed E-state index contributed by atoms with van der Waals surface area (Å²) >= 11 is 0. The fourth-order valence-corrected chi connectivity index (χ4v) is 2.05. The number of nitrogens with one attached hydrogen (secondary N) is 1. The van der Waals surface area contributed by atoms with Crippen LogP contribution in [0.4, 0.5) is 4.39 Å². The molecule has 1 aromatic carbocycles. The van der Waals surface area contributed by atoms with Crippen molar-refractivity contribution in [1.29, 1.82) is 0 Å². The van der Waals surface area contributed by atoms with Gasteiger partial charge in [0.25, 0.3) is 0 Å². The number of H-pyrrole nitrogens is 1. The van der Waals surface area contributed by atoms with Crippen LogP contribution in [0.2, 0.25) is 0 Å². The van der Waals surface area contributed by atoms with Crippen LogP contribution in [0.25, 0.3) is 11.3 Å². The predicted octanol–water partition coefficient (Wildman–Crippen LogP) is 3.06. The van der Waals surface area contributed by atoms with E-state index in [1.807, 2.05) is 6.20 Å². The highest BCUT2D eigenvalue weighted by Crippen LogP contribution is 2.22. The van der Waals surface area contributed by atoms with Crippen LogP contribution < -0.4 is 0 Å². The first-order chi connectivity index (χ1) is 8.70. The van der Waals surface area contributed by atoms with Crippen molar-refractivity contribution in [3.63, 3.8) is 0 Å². The van der Waals surface area contributed by atoms with Crippen LogP contribution in [-0.4, -0.2) is 28.7 Å². The summed E-state index contributed by atoms with van der Waals surface area (Å²) in [5, 5.41) is 7.08. The molecule has 0 bridgehead atoms. The number of halogens is 1. The Morgan fingerprint density at radius 2 is 2.00 bits per heavy atom. The molecule has 1 heterocycles. The van der Waals surface area contributed by atoms with Crippen molar-refractivity contribution >= 4 is 0 Å². The Balaban J connectivity index is 2.19. The Bertz CT molecular complexity index is 490. The third-order valence-corrected chi connectivity index (χ3v) is 2.90. The largest absolute Gasteiger partial charge is 0.302 e. The minimum Gasteiger partial charge on any atom is -0.302 e. The van der Waals surface area contributed by atoms with Gasteiger partial charge in [0.2, 0.25) is 0 Å². The smallest absolute Gasteiger partial charge is 0.123 e. The van der Waals surface area contributed by atoms with Crippen molar-refractivity contribution in [2.75, 3.05) is 13.6 Å². The Morgan fingerprint density at radius 3 is 2.67 bits per heavy atom. The average molecular weight is 247 g/mol. The molecule has 2 aromatic rings. The van der Waals surface area contributed by atoms with Crippen molar-refractivity contribution < 1.29 is 4.39 Å². The molecule has 0 saturated carbocycles. The van der Waals surface area contributed by atoms with Gasteiger partial charge in [-0.3, -0.25) is 5.10 Å². The first-order valence-corrected chi connectivity index (χ1v) is 6.17. The van der Waals surface area contributed by atoms with Crippen LogP contribution in [0.15, 0.2) is 30.5 Å². The highest BCUT2D eigenvalue weighted by atomic mass is 19.1. The molecule has 0 fully saturated rings. The fraction of sp³-hybridized carbons (Fsp3) is 0.357. The molecule has 0 unspecified atom stereocenters. The third kappa shape index (κ3) is 2.96. The monoisotopic (exact) mass is 247 g/mol. The van der Waals surface area contributed by atoms with Gasteiger partial charge in [0, 0.05) is 17.7 Å². The molecule has 0 aliphatic carbocycles. The van der Waals surface area contributed by atoms with Crippen LogP contribution in [0.1, 0.15) is 18.9 Å². The zero-order valence-electron chi connectivity index (χ0n) is 10.8. The van der Waals surface area contributed by atoms with Crippen molar-refractivity contribution in [3.05, 3.63) is 41.8 Å². The second-order valence-corrected chi connectivity index (χ2v) is 4.51. The van der Waals surface area contributed by atoms with Gasteiger partial charge in [-0.1, -0.05) is 6.92 Å². The van der Waals surface area contributed by atoms with E-state index >= 15 is 0 Å². The molecule has 4 heteroatoms. The molecule has 96 valence electrons. The van der Waals surface area contributed by atoms with E-state index in [4.69, 9.17) is 0 Å². The molecule has 3 nitrogen and oxygen atoms in total. The van der Waals surface area contributed by atoms with Gasteiger partial charge in [-0.05, 0) is 44.3 Å². The molecular weight excluding hydrogens is 229 g/mol. The molecule has 0 spiro atoms. The summed E-state index contributed by atoms with van der Waals surface area (Å²) in [7, 11) is 2.09. The molecule has 0 radical (unpaired) electrons. The second kappa shape index (κ2) is 5.78. The molecule has 1 N–H and O–H groups in total. The van der Waals surface area contributed by atoms with Gasteiger partial charge in [0.1, 0.15) is 5.82 Å². The van der Waals surface area contributed by atoms with E-state index in [2.05, 4.69) is 29.1 Å². The van der Waals surface area contributed by atoms with E-state index in [-0.39, 0.29) is 5.82 Å². The molecule has 0 amide bonds. The fourth-order valence-electron chi connectivity index (χ4n) is 2.05. The van der Waals surface area contributed by atoms with E-state index < -0.39 is 0 Å². The van der Waals surface area contributed by atoms with Gasteiger partial charge in [-0.25, -0.2) is 4.39 Å². The van der Waals surface area contributed by atoms with Crippen LogP contribution >= 0.6 is 0 Å². The van der Waals surface area contributed by atoms with Gasteiger partial charge in [0.05, 0.1) is 11.9 Å². The van der Waals surface area contributed by atoms with E-state index in [0.717, 1.165) is 36.3 Å². The van der Waals surface area contributed by atoms with Gasteiger partial charge < -0.3 is 4.90 Å². The number of rotatable bonds is 5. The maximum absolute atomic E-state index is 12.9. The first kappa shape index (κ1) is 12.8. The van der Waals surface area contributed by atoms with Crippen molar-refractivity contribution in [1.82, 2.24) is 15.1 Å². The Hall–Kier alpha value is -1.68. The summed E-state index contributed by atoms with van der Waals surface area (Å²) < 4.78 is 12.9. The lowest BCUT2D eigenvalue weighted by Gasteiger charge is -2.15. The summed E-state index contributed by atoms with van der Waals surface area (Å²) in [6, 6.07) is 6.48. The maximum atomic E-state index is 12.9. The highest BCUT2D eigenvalue weighted by Gasteiger charge is 2.09. The summed E-state index contributed by atoms with van der Waals surface area (Å²) in [6.45, 7) is 4.05. The molecule has 2 rings (SSSR count). The average Bonchev–Trinajstić information content (AvgIpc) is 2.78. The van der Waals surface area contributed by atoms with E-state index in [1.54, 1.807) is 12.1 Å². The van der Waals surface area contributed by atoms with E-state index in [0.29, 0.717) is 0 Å². The number of nitrogens with zero attached hydrogens (tertiary/aromatic N) is 2. The standard InChI is InChI=1S/C14H18FN3/c1-3-8-18(2)10-12-9-16-17-14(12)11-4-6-13(15)7-5-11/h4-7,9H,3,8,10H2,1-2H3,(H,16,17). The summed E-state index contributed by atoms with van der Waals surface area (Å²) in [5.74, 6) is -0.220. The summed E-state index contributed by atoms with van der Waals surface area (Å²) in [5.41, 5.74) is 3.07.